The van der Waals surface area contributed by atoms with Gasteiger partial charge in [-0.05, 0) is 29.8 Å². The second kappa shape index (κ2) is 5.64. The SMILES string of the molecule is Nc1ccc(CC(=O)Nc2ccc(F)c(F)c2F)cc1. The van der Waals surface area contributed by atoms with Crippen LogP contribution in [0.25, 0.3) is 0 Å². The van der Waals surface area contributed by atoms with Crippen molar-refractivity contribution in [2.45, 2.75) is 6.42 Å². The number of halogens is 3. The summed E-state index contributed by atoms with van der Waals surface area (Å²) < 4.78 is 39.1. The van der Waals surface area contributed by atoms with E-state index in [4.69, 9.17) is 5.73 Å². The van der Waals surface area contributed by atoms with Crippen LogP contribution in [0.15, 0.2) is 36.4 Å². The monoisotopic (exact) mass is 280 g/mol. The van der Waals surface area contributed by atoms with Gasteiger partial charge in [-0.15, -0.1) is 0 Å². The molecule has 0 bridgehead atoms. The number of amides is 1. The average Bonchev–Trinajstić information content (AvgIpc) is 2.42. The molecule has 1 amide bonds. The molecule has 0 atom stereocenters. The van der Waals surface area contributed by atoms with Crippen molar-refractivity contribution in [3.05, 3.63) is 59.4 Å². The summed E-state index contributed by atoms with van der Waals surface area (Å²) in [5, 5.41) is 2.19. The summed E-state index contributed by atoms with van der Waals surface area (Å²) in [6.45, 7) is 0. The number of hydrogen-bond donors (Lipinski definition) is 2. The van der Waals surface area contributed by atoms with Crippen molar-refractivity contribution < 1.29 is 18.0 Å². The third-order valence-electron chi connectivity index (χ3n) is 2.65. The van der Waals surface area contributed by atoms with Crippen LogP contribution in [0.1, 0.15) is 5.56 Å². The highest BCUT2D eigenvalue weighted by atomic mass is 19.2. The number of nitrogens with one attached hydrogen (secondary N) is 1. The minimum Gasteiger partial charge on any atom is -0.399 e. The summed E-state index contributed by atoms with van der Waals surface area (Å²) in [5.74, 6) is -4.88. The van der Waals surface area contributed by atoms with Crippen molar-refractivity contribution in [2.75, 3.05) is 11.1 Å². The molecule has 2 aromatic carbocycles. The smallest absolute Gasteiger partial charge is 0.228 e. The zero-order valence-electron chi connectivity index (χ0n) is 10.3. The molecule has 0 aliphatic heterocycles. The zero-order chi connectivity index (χ0) is 14.7. The first-order valence-corrected chi connectivity index (χ1v) is 5.75. The summed E-state index contributed by atoms with van der Waals surface area (Å²) in [7, 11) is 0. The quantitative estimate of drug-likeness (QED) is 0.671. The number of rotatable bonds is 3. The fraction of sp³-hybridized carbons (Fsp3) is 0.0714. The van der Waals surface area contributed by atoms with E-state index in [1.54, 1.807) is 24.3 Å². The molecular weight excluding hydrogens is 269 g/mol. The number of carbonyl (C=O) groups is 1. The van der Waals surface area contributed by atoms with Gasteiger partial charge < -0.3 is 11.1 Å². The van der Waals surface area contributed by atoms with E-state index in [1.807, 2.05) is 0 Å². The Morgan fingerprint density at radius 2 is 1.65 bits per heavy atom. The first-order valence-electron chi connectivity index (χ1n) is 5.75. The van der Waals surface area contributed by atoms with Crippen LogP contribution in [0.5, 0.6) is 0 Å². The molecular formula is C14H11F3N2O. The standard InChI is InChI=1S/C14H11F3N2O/c15-10-5-6-11(14(17)13(10)16)19-12(20)7-8-1-3-9(18)4-2-8/h1-6H,7,18H2,(H,19,20). The second-order valence-electron chi connectivity index (χ2n) is 4.19. The average molecular weight is 280 g/mol. The predicted octanol–water partition coefficient (Wildman–Crippen LogP) is 2.87. The van der Waals surface area contributed by atoms with Crippen LogP contribution in [-0.2, 0) is 11.2 Å². The molecule has 3 N–H and O–H groups in total. The normalized spacial score (nSPS) is 10.3. The molecule has 2 aromatic rings. The minimum absolute atomic E-state index is 0.0291. The van der Waals surface area contributed by atoms with Gasteiger partial charge in [0.2, 0.25) is 5.91 Å². The van der Waals surface area contributed by atoms with Gasteiger partial charge in [0.25, 0.3) is 0 Å². The van der Waals surface area contributed by atoms with Gasteiger partial charge in [0.05, 0.1) is 12.1 Å². The molecule has 0 spiro atoms. The van der Waals surface area contributed by atoms with Gasteiger partial charge in [0, 0.05) is 5.69 Å². The molecule has 20 heavy (non-hydrogen) atoms. The highest BCUT2D eigenvalue weighted by Crippen LogP contribution is 2.19. The third kappa shape index (κ3) is 3.09. The molecule has 0 aliphatic rings. The molecule has 0 aliphatic carbocycles. The lowest BCUT2D eigenvalue weighted by molar-refractivity contribution is -0.115. The molecule has 3 nitrogen and oxygen atoms in total. The van der Waals surface area contributed by atoms with Crippen LogP contribution < -0.4 is 11.1 Å². The number of nitrogen functional groups attached to an aromatic ring is 1. The van der Waals surface area contributed by atoms with E-state index in [2.05, 4.69) is 5.32 Å². The molecule has 104 valence electrons. The Kier molecular flexibility index (Phi) is 3.93. The minimum atomic E-state index is -1.62. The van der Waals surface area contributed by atoms with Crippen molar-refractivity contribution >= 4 is 17.3 Å². The molecule has 0 unspecified atom stereocenters. The highest BCUT2D eigenvalue weighted by Gasteiger charge is 2.15. The van der Waals surface area contributed by atoms with Crippen LogP contribution in [0.4, 0.5) is 24.5 Å². The van der Waals surface area contributed by atoms with E-state index in [9.17, 15) is 18.0 Å². The number of nitrogens with two attached hydrogens (primary N) is 1. The summed E-state index contributed by atoms with van der Waals surface area (Å²) in [5.41, 5.74) is 6.33. The summed E-state index contributed by atoms with van der Waals surface area (Å²) in [6.07, 6.45) is -0.0291. The molecule has 0 heterocycles. The van der Waals surface area contributed by atoms with E-state index >= 15 is 0 Å². The first-order chi connectivity index (χ1) is 9.47. The fourth-order valence-electron chi connectivity index (χ4n) is 1.64. The van der Waals surface area contributed by atoms with E-state index in [0.29, 0.717) is 11.3 Å². The van der Waals surface area contributed by atoms with Gasteiger partial charge in [-0.2, -0.15) is 0 Å². The Hall–Kier alpha value is -2.50. The molecule has 0 aromatic heterocycles. The number of anilines is 2. The van der Waals surface area contributed by atoms with Gasteiger partial charge in [-0.1, -0.05) is 12.1 Å². The van der Waals surface area contributed by atoms with Crippen molar-refractivity contribution in [2.24, 2.45) is 0 Å². The highest BCUT2D eigenvalue weighted by molar-refractivity contribution is 5.92. The molecule has 0 saturated heterocycles. The largest absolute Gasteiger partial charge is 0.399 e. The maximum Gasteiger partial charge on any atom is 0.228 e. The zero-order valence-corrected chi connectivity index (χ0v) is 10.3. The fourth-order valence-corrected chi connectivity index (χ4v) is 1.64. The Morgan fingerprint density at radius 3 is 2.30 bits per heavy atom. The Labute approximate surface area is 113 Å². The summed E-state index contributed by atoms with van der Waals surface area (Å²) in [4.78, 5) is 11.7. The molecule has 0 fully saturated rings. The van der Waals surface area contributed by atoms with Crippen molar-refractivity contribution in [3.63, 3.8) is 0 Å². The van der Waals surface area contributed by atoms with Crippen LogP contribution in [0.2, 0.25) is 0 Å². The van der Waals surface area contributed by atoms with Crippen molar-refractivity contribution in [3.8, 4) is 0 Å². The third-order valence-corrected chi connectivity index (χ3v) is 2.65. The molecule has 0 saturated carbocycles. The van der Waals surface area contributed by atoms with Crippen LogP contribution in [0, 0.1) is 17.5 Å². The Balaban J connectivity index is 2.08. The first kappa shape index (κ1) is 13.9. The Morgan fingerprint density at radius 1 is 1.00 bits per heavy atom. The van der Waals surface area contributed by atoms with Gasteiger partial charge >= 0.3 is 0 Å². The molecule has 2 rings (SSSR count). The van der Waals surface area contributed by atoms with Crippen LogP contribution in [0.3, 0.4) is 0 Å². The maximum absolute atomic E-state index is 13.4. The van der Waals surface area contributed by atoms with Crippen molar-refractivity contribution in [1.29, 1.82) is 0 Å². The van der Waals surface area contributed by atoms with E-state index in [1.165, 1.54) is 0 Å². The van der Waals surface area contributed by atoms with Crippen LogP contribution >= 0.6 is 0 Å². The van der Waals surface area contributed by atoms with Gasteiger partial charge in [0.1, 0.15) is 0 Å². The van der Waals surface area contributed by atoms with E-state index in [0.717, 1.165) is 12.1 Å². The maximum atomic E-state index is 13.4. The lowest BCUT2D eigenvalue weighted by Crippen LogP contribution is -2.16. The summed E-state index contributed by atoms with van der Waals surface area (Å²) in [6, 6.07) is 8.26. The molecule has 0 radical (unpaired) electrons. The predicted molar refractivity (Wildman–Crippen MR) is 69.5 cm³/mol. The topological polar surface area (TPSA) is 55.1 Å². The van der Waals surface area contributed by atoms with Crippen molar-refractivity contribution in [1.82, 2.24) is 0 Å². The van der Waals surface area contributed by atoms with Gasteiger partial charge in [-0.3, -0.25) is 4.79 Å². The number of hydrogen-bond acceptors (Lipinski definition) is 2. The van der Waals surface area contributed by atoms with E-state index in [-0.39, 0.29) is 6.42 Å². The van der Waals surface area contributed by atoms with Crippen LogP contribution in [-0.4, -0.2) is 5.91 Å². The van der Waals surface area contributed by atoms with Gasteiger partial charge in [-0.25, -0.2) is 13.2 Å². The molecule has 6 heteroatoms. The second-order valence-corrected chi connectivity index (χ2v) is 4.19. The van der Waals surface area contributed by atoms with E-state index < -0.39 is 29.0 Å². The lowest BCUT2D eigenvalue weighted by Gasteiger charge is -2.07. The lowest BCUT2D eigenvalue weighted by atomic mass is 10.1. The summed E-state index contributed by atoms with van der Waals surface area (Å²) >= 11 is 0. The number of benzene rings is 2. The number of carbonyl (C=O) groups excluding carboxylic acids is 1. The van der Waals surface area contributed by atoms with Gasteiger partial charge in [0.15, 0.2) is 17.5 Å². The Bertz CT molecular complexity index is 642.